The molecule has 1 aliphatic carbocycles. The van der Waals surface area contributed by atoms with E-state index in [9.17, 15) is 4.79 Å². The van der Waals surface area contributed by atoms with Gasteiger partial charge in [0.15, 0.2) is 18.1 Å². The summed E-state index contributed by atoms with van der Waals surface area (Å²) in [4.78, 5) is 16.5. The predicted molar refractivity (Wildman–Crippen MR) is 91.3 cm³/mol. The Kier molecular flexibility index (Phi) is 3.69. The van der Waals surface area contributed by atoms with E-state index in [4.69, 9.17) is 9.15 Å². The van der Waals surface area contributed by atoms with E-state index in [0.717, 1.165) is 35.4 Å². The maximum Gasteiger partial charge on any atom is 0.262 e. The van der Waals surface area contributed by atoms with E-state index >= 15 is 0 Å². The largest absolute Gasteiger partial charge is 0.484 e. The molecule has 0 bridgehead atoms. The van der Waals surface area contributed by atoms with Gasteiger partial charge < -0.3 is 14.5 Å². The average Bonchev–Trinajstić information content (AvgIpc) is 3.34. The Balaban J connectivity index is 1.39. The van der Waals surface area contributed by atoms with Gasteiger partial charge in [-0.1, -0.05) is 17.7 Å². The molecule has 1 saturated carbocycles. The highest BCUT2D eigenvalue weighted by molar-refractivity contribution is 5.93. The minimum atomic E-state index is -0.208. The van der Waals surface area contributed by atoms with E-state index in [0.29, 0.717) is 17.4 Å². The second kappa shape index (κ2) is 6.00. The number of benzene rings is 2. The fourth-order valence-electron chi connectivity index (χ4n) is 2.51. The molecule has 1 amide bonds. The lowest BCUT2D eigenvalue weighted by Gasteiger charge is -2.07. The van der Waals surface area contributed by atoms with E-state index in [-0.39, 0.29) is 12.5 Å². The summed E-state index contributed by atoms with van der Waals surface area (Å²) in [6.07, 6.45) is 2.29. The zero-order chi connectivity index (χ0) is 16.5. The number of amides is 1. The molecule has 3 aromatic rings. The standard InChI is InChI=1S/C19H18N2O3/c1-12-2-7-15(8-3-12)23-11-18(22)20-14-6-9-17-16(10-14)21-19(24-17)13-4-5-13/h2-3,6-10,13H,4-5,11H2,1H3,(H,20,22). The molecule has 1 fully saturated rings. The topological polar surface area (TPSA) is 64.4 Å². The maximum absolute atomic E-state index is 12.0. The van der Waals surface area contributed by atoms with Crippen LogP contribution < -0.4 is 10.1 Å². The SMILES string of the molecule is Cc1ccc(OCC(=O)Nc2ccc3oc(C4CC4)nc3c2)cc1. The van der Waals surface area contributed by atoms with Gasteiger partial charge in [-0.2, -0.15) is 0 Å². The van der Waals surface area contributed by atoms with E-state index in [1.807, 2.05) is 49.4 Å². The van der Waals surface area contributed by atoms with Crippen molar-refractivity contribution < 1.29 is 13.9 Å². The summed E-state index contributed by atoms with van der Waals surface area (Å²) in [5.41, 5.74) is 3.37. The summed E-state index contributed by atoms with van der Waals surface area (Å²) < 4.78 is 11.2. The van der Waals surface area contributed by atoms with Gasteiger partial charge in [0.25, 0.3) is 5.91 Å². The van der Waals surface area contributed by atoms with Crippen LogP contribution in [0.1, 0.15) is 30.2 Å². The molecule has 1 aliphatic rings. The summed E-state index contributed by atoms with van der Waals surface area (Å²) in [6.45, 7) is 1.97. The van der Waals surface area contributed by atoms with Gasteiger partial charge in [0.05, 0.1) is 0 Å². The number of hydrogen-bond donors (Lipinski definition) is 1. The molecule has 0 spiro atoms. The lowest BCUT2D eigenvalue weighted by atomic mass is 10.2. The molecular formula is C19H18N2O3. The smallest absolute Gasteiger partial charge is 0.262 e. The second-order valence-electron chi connectivity index (χ2n) is 6.16. The van der Waals surface area contributed by atoms with Crippen molar-refractivity contribution in [3.05, 3.63) is 53.9 Å². The Morgan fingerprint density at radius 1 is 1.25 bits per heavy atom. The number of fused-ring (bicyclic) bond motifs is 1. The normalized spacial score (nSPS) is 13.9. The molecule has 2 aromatic carbocycles. The third-order valence-electron chi connectivity index (χ3n) is 4.01. The maximum atomic E-state index is 12.0. The minimum Gasteiger partial charge on any atom is -0.484 e. The zero-order valence-electron chi connectivity index (χ0n) is 13.4. The first-order valence-electron chi connectivity index (χ1n) is 8.07. The van der Waals surface area contributed by atoms with Crippen LogP contribution in [0.3, 0.4) is 0 Å². The van der Waals surface area contributed by atoms with Gasteiger partial charge in [0.1, 0.15) is 11.3 Å². The molecule has 1 aromatic heterocycles. The Hall–Kier alpha value is -2.82. The highest BCUT2D eigenvalue weighted by atomic mass is 16.5. The number of carbonyl (C=O) groups is 1. The quantitative estimate of drug-likeness (QED) is 0.770. The highest BCUT2D eigenvalue weighted by Gasteiger charge is 2.28. The average molecular weight is 322 g/mol. The molecular weight excluding hydrogens is 304 g/mol. The van der Waals surface area contributed by atoms with Crippen molar-refractivity contribution in [3.8, 4) is 5.75 Å². The number of hydrogen-bond acceptors (Lipinski definition) is 4. The Labute approximate surface area is 139 Å². The molecule has 24 heavy (non-hydrogen) atoms. The highest BCUT2D eigenvalue weighted by Crippen LogP contribution is 2.40. The van der Waals surface area contributed by atoms with Gasteiger partial charge in [-0.15, -0.1) is 0 Å². The lowest BCUT2D eigenvalue weighted by Crippen LogP contribution is -2.20. The van der Waals surface area contributed by atoms with E-state index in [1.165, 1.54) is 0 Å². The first-order valence-corrected chi connectivity index (χ1v) is 8.07. The van der Waals surface area contributed by atoms with Crippen LogP contribution in [0, 0.1) is 6.92 Å². The number of carbonyl (C=O) groups excluding carboxylic acids is 1. The molecule has 0 saturated heterocycles. The number of aryl methyl sites for hydroxylation is 1. The van der Waals surface area contributed by atoms with Gasteiger partial charge in [0.2, 0.25) is 0 Å². The number of oxazole rings is 1. The van der Waals surface area contributed by atoms with E-state index in [1.54, 1.807) is 0 Å². The molecule has 1 heterocycles. The van der Waals surface area contributed by atoms with Crippen molar-refractivity contribution in [1.29, 1.82) is 0 Å². The van der Waals surface area contributed by atoms with Crippen LogP contribution in [0.4, 0.5) is 5.69 Å². The number of rotatable bonds is 5. The summed E-state index contributed by atoms with van der Waals surface area (Å²) >= 11 is 0. The van der Waals surface area contributed by atoms with Crippen molar-refractivity contribution in [2.75, 3.05) is 11.9 Å². The van der Waals surface area contributed by atoms with E-state index in [2.05, 4.69) is 10.3 Å². The van der Waals surface area contributed by atoms with Crippen LogP contribution in [-0.4, -0.2) is 17.5 Å². The molecule has 0 atom stereocenters. The van der Waals surface area contributed by atoms with Crippen molar-refractivity contribution >= 4 is 22.7 Å². The number of nitrogens with one attached hydrogen (secondary N) is 1. The van der Waals surface area contributed by atoms with Gasteiger partial charge in [-0.3, -0.25) is 4.79 Å². The Bertz CT molecular complexity index is 879. The fourth-order valence-corrected chi connectivity index (χ4v) is 2.51. The van der Waals surface area contributed by atoms with Gasteiger partial charge in [0, 0.05) is 11.6 Å². The van der Waals surface area contributed by atoms with Crippen LogP contribution in [0.25, 0.3) is 11.1 Å². The number of anilines is 1. The van der Waals surface area contributed by atoms with Crippen LogP contribution in [-0.2, 0) is 4.79 Å². The Morgan fingerprint density at radius 2 is 2.04 bits per heavy atom. The van der Waals surface area contributed by atoms with Crippen LogP contribution in [0.2, 0.25) is 0 Å². The van der Waals surface area contributed by atoms with Crippen LogP contribution in [0.15, 0.2) is 46.9 Å². The third-order valence-corrected chi connectivity index (χ3v) is 4.01. The molecule has 5 heteroatoms. The van der Waals surface area contributed by atoms with Crippen LogP contribution >= 0.6 is 0 Å². The van der Waals surface area contributed by atoms with Crippen molar-refractivity contribution in [2.24, 2.45) is 0 Å². The zero-order valence-corrected chi connectivity index (χ0v) is 13.4. The monoisotopic (exact) mass is 322 g/mol. The number of nitrogens with zero attached hydrogens (tertiary/aromatic N) is 1. The number of ether oxygens (including phenoxy) is 1. The summed E-state index contributed by atoms with van der Waals surface area (Å²) in [7, 11) is 0. The first-order chi connectivity index (χ1) is 11.7. The lowest BCUT2D eigenvalue weighted by molar-refractivity contribution is -0.118. The molecule has 0 unspecified atom stereocenters. The summed E-state index contributed by atoms with van der Waals surface area (Å²) in [6, 6.07) is 13.1. The van der Waals surface area contributed by atoms with E-state index < -0.39 is 0 Å². The van der Waals surface area contributed by atoms with Crippen molar-refractivity contribution in [3.63, 3.8) is 0 Å². The predicted octanol–water partition coefficient (Wildman–Crippen LogP) is 4.03. The molecule has 1 N–H and O–H groups in total. The first kappa shape index (κ1) is 14.8. The molecule has 0 aliphatic heterocycles. The minimum absolute atomic E-state index is 0.0345. The van der Waals surface area contributed by atoms with Gasteiger partial charge in [-0.25, -0.2) is 4.98 Å². The fraction of sp³-hybridized carbons (Fsp3) is 0.263. The Morgan fingerprint density at radius 3 is 2.79 bits per heavy atom. The molecule has 4 rings (SSSR count). The molecule has 0 radical (unpaired) electrons. The van der Waals surface area contributed by atoms with Gasteiger partial charge >= 0.3 is 0 Å². The van der Waals surface area contributed by atoms with Crippen molar-refractivity contribution in [1.82, 2.24) is 4.98 Å². The second-order valence-corrected chi connectivity index (χ2v) is 6.16. The van der Waals surface area contributed by atoms with Crippen molar-refractivity contribution in [2.45, 2.75) is 25.7 Å². The summed E-state index contributed by atoms with van der Waals surface area (Å²) in [5, 5.41) is 2.82. The third kappa shape index (κ3) is 3.25. The number of aromatic nitrogens is 1. The summed E-state index contributed by atoms with van der Waals surface area (Å²) in [5.74, 6) is 1.74. The molecule has 122 valence electrons. The molecule has 5 nitrogen and oxygen atoms in total. The van der Waals surface area contributed by atoms with Crippen LogP contribution in [0.5, 0.6) is 5.75 Å². The van der Waals surface area contributed by atoms with Gasteiger partial charge in [-0.05, 0) is 50.1 Å².